The van der Waals surface area contributed by atoms with Gasteiger partial charge in [0.05, 0.1) is 29.4 Å². The lowest BCUT2D eigenvalue weighted by molar-refractivity contribution is 0.144. The molecule has 1 fully saturated rings. The van der Waals surface area contributed by atoms with Crippen LogP contribution in [0.4, 0.5) is 11.4 Å². The van der Waals surface area contributed by atoms with Crippen LogP contribution < -0.4 is 15.8 Å². The minimum atomic E-state index is -0.795. The number of ether oxygens (including phenoxy) is 1. The van der Waals surface area contributed by atoms with E-state index in [1.165, 1.54) is 0 Å². The smallest absolute Gasteiger partial charge is 0.261 e. The lowest BCUT2D eigenvalue weighted by atomic mass is 10.1. The first kappa shape index (κ1) is 26.2. The number of nitrogens with one attached hydrogen (secondary N) is 3. The predicted molar refractivity (Wildman–Crippen MR) is 152 cm³/mol. The number of hydrogen-bond acceptors (Lipinski definition) is 7. The molecule has 2 aromatic carbocycles. The number of piperazine rings is 1. The van der Waals surface area contributed by atoms with E-state index in [4.69, 9.17) is 21.3 Å². The van der Waals surface area contributed by atoms with E-state index in [2.05, 4.69) is 37.2 Å². The van der Waals surface area contributed by atoms with Crippen molar-refractivity contribution in [3.05, 3.63) is 75.2 Å². The molecule has 1 saturated heterocycles. The number of aliphatic hydroxyl groups is 1. The standard InChI is InChI=1S/C28H33ClN6O3/c1-18-14-21(35-10-8-34(9-11-35)12-13-38-2)16-23-26(18)33-27(32-23)25-22(6-7-30-28(25)37)31-17-24(36)19-4-3-5-20(29)15-19/h3-7,14-16,24,36H,8-13,17H2,1-2H3,(H,32,33)(H2,30,31,37)/t24-/m1/s1. The zero-order valence-corrected chi connectivity index (χ0v) is 22.4. The number of anilines is 2. The Hall–Kier alpha value is -3.37. The molecule has 4 aromatic rings. The number of hydrogen-bond donors (Lipinski definition) is 4. The third kappa shape index (κ3) is 5.71. The van der Waals surface area contributed by atoms with Crippen LogP contribution in [-0.2, 0) is 4.74 Å². The Morgan fingerprint density at radius 1 is 1.18 bits per heavy atom. The highest BCUT2D eigenvalue weighted by Crippen LogP contribution is 2.30. The van der Waals surface area contributed by atoms with Gasteiger partial charge in [0.25, 0.3) is 5.56 Å². The van der Waals surface area contributed by atoms with Crippen molar-refractivity contribution in [2.45, 2.75) is 13.0 Å². The molecule has 1 aliphatic heterocycles. The number of fused-ring (bicyclic) bond motifs is 1. The number of aromatic nitrogens is 3. The van der Waals surface area contributed by atoms with Crippen LogP contribution in [0.25, 0.3) is 22.4 Å². The molecule has 0 radical (unpaired) electrons. The van der Waals surface area contributed by atoms with E-state index in [-0.39, 0.29) is 12.1 Å². The van der Waals surface area contributed by atoms with E-state index in [1.54, 1.807) is 37.6 Å². The molecule has 1 atom stereocenters. The zero-order chi connectivity index (χ0) is 26.6. The summed E-state index contributed by atoms with van der Waals surface area (Å²) in [5.74, 6) is 0.478. The number of pyridine rings is 1. The number of halogens is 1. The summed E-state index contributed by atoms with van der Waals surface area (Å²) in [6.07, 6.45) is 0.786. The lowest BCUT2D eigenvalue weighted by Crippen LogP contribution is -2.47. The van der Waals surface area contributed by atoms with Crippen molar-refractivity contribution >= 4 is 34.0 Å². The molecule has 0 bridgehead atoms. The van der Waals surface area contributed by atoms with Crippen molar-refractivity contribution in [2.75, 3.05) is 63.2 Å². The number of benzene rings is 2. The van der Waals surface area contributed by atoms with Gasteiger partial charge in [0.2, 0.25) is 0 Å². The summed E-state index contributed by atoms with van der Waals surface area (Å²) in [5, 5.41) is 14.4. The highest BCUT2D eigenvalue weighted by atomic mass is 35.5. The molecule has 9 nitrogen and oxygen atoms in total. The summed E-state index contributed by atoms with van der Waals surface area (Å²) in [4.78, 5) is 28.6. The predicted octanol–water partition coefficient (Wildman–Crippen LogP) is 3.79. The summed E-state index contributed by atoms with van der Waals surface area (Å²) in [5.41, 5.74) is 5.30. The van der Waals surface area contributed by atoms with Gasteiger partial charge in [0.1, 0.15) is 11.4 Å². The van der Waals surface area contributed by atoms with Crippen LogP contribution >= 0.6 is 11.6 Å². The molecule has 10 heteroatoms. The summed E-state index contributed by atoms with van der Waals surface area (Å²) in [7, 11) is 1.74. The maximum atomic E-state index is 12.9. The zero-order valence-electron chi connectivity index (χ0n) is 21.6. The number of aliphatic hydroxyl groups excluding tert-OH is 1. The number of H-pyrrole nitrogens is 2. The summed E-state index contributed by atoms with van der Waals surface area (Å²) >= 11 is 6.07. The van der Waals surface area contributed by atoms with Gasteiger partial charge in [-0.25, -0.2) is 4.98 Å². The molecular weight excluding hydrogens is 504 g/mol. The average molecular weight is 537 g/mol. The van der Waals surface area contributed by atoms with E-state index in [0.717, 1.165) is 61.6 Å². The topological polar surface area (TPSA) is 110 Å². The molecule has 2 aromatic heterocycles. The van der Waals surface area contributed by atoms with Gasteiger partial charge in [0.15, 0.2) is 0 Å². The maximum Gasteiger partial charge on any atom is 0.261 e. The number of aryl methyl sites for hydroxylation is 1. The van der Waals surface area contributed by atoms with Crippen molar-refractivity contribution in [2.24, 2.45) is 0 Å². The van der Waals surface area contributed by atoms with Gasteiger partial charge < -0.3 is 30.0 Å². The first-order valence-corrected chi connectivity index (χ1v) is 13.2. The van der Waals surface area contributed by atoms with Crippen LogP contribution in [0.5, 0.6) is 0 Å². The molecule has 0 spiro atoms. The second-order valence-corrected chi connectivity index (χ2v) is 10.0. The lowest BCUT2D eigenvalue weighted by Gasteiger charge is -2.36. The van der Waals surface area contributed by atoms with Crippen molar-refractivity contribution in [3.63, 3.8) is 0 Å². The molecule has 3 heterocycles. The van der Waals surface area contributed by atoms with Gasteiger partial charge in [-0.3, -0.25) is 9.69 Å². The Morgan fingerprint density at radius 3 is 2.76 bits per heavy atom. The molecule has 200 valence electrons. The molecule has 0 aliphatic carbocycles. The van der Waals surface area contributed by atoms with E-state index in [0.29, 0.717) is 27.7 Å². The van der Waals surface area contributed by atoms with E-state index in [9.17, 15) is 9.90 Å². The first-order valence-electron chi connectivity index (χ1n) is 12.8. The number of aromatic amines is 2. The highest BCUT2D eigenvalue weighted by Gasteiger charge is 2.20. The molecule has 0 unspecified atom stereocenters. The van der Waals surface area contributed by atoms with Crippen molar-refractivity contribution < 1.29 is 9.84 Å². The second-order valence-electron chi connectivity index (χ2n) is 9.61. The summed E-state index contributed by atoms with van der Waals surface area (Å²) in [6.45, 7) is 7.81. The van der Waals surface area contributed by atoms with Gasteiger partial charge in [-0.05, 0) is 48.4 Å². The second kappa shape index (κ2) is 11.6. The van der Waals surface area contributed by atoms with Gasteiger partial charge in [0, 0.05) is 63.3 Å². The molecule has 38 heavy (non-hydrogen) atoms. The molecule has 1 aliphatic rings. The van der Waals surface area contributed by atoms with Crippen LogP contribution in [0.15, 0.2) is 53.5 Å². The normalized spacial score (nSPS) is 15.2. The Labute approximate surface area is 226 Å². The monoisotopic (exact) mass is 536 g/mol. The maximum absolute atomic E-state index is 12.9. The van der Waals surface area contributed by atoms with E-state index < -0.39 is 6.10 Å². The third-order valence-electron chi connectivity index (χ3n) is 7.03. The van der Waals surface area contributed by atoms with Crippen molar-refractivity contribution in [3.8, 4) is 11.4 Å². The van der Waals surface area contributed by atoms with Gasteiger partial charge in [-0.1, -0.05) is 23.7 Å². The van der Waals surface area contributed by atoms with Crippen molar-refractivity contribution in [1.29, 1.82) is 0 Å². The van der Waals surface area contributed by atoms with Crippen LogP contribution in [0.2, 0.25) is 5.02 Å². The van der Waals surface area contributed by atoms with Gasteiger partial charge >= 0.3 is 0 Å². The van der Waals surface area contributed by atoms with Crippen LogP contribution in [-0.4, -0.2) is 77.9 Å². The van der Waals surface area contributed by atoms with E-state index in [1.807, 2.05) is 13.0 Å². The number of imidazole rings is 1. The largest absolute Gasteiger partial charge is 0.387 e. The fraction of sp³-hybridized carbons (Fsp3) is 0.357. The molecule has 4 N–H and O–H groups in total. The Bertz CT molecular complexity index is 1460. The molecule has 0 saturated carbocycles. The highest BCUT2D eigenvalue weighted by molar-refractivity contribution is 6.30. The van der Waals surface area contributed by atoms with Crippen LogP contribution in [0.3, 0.4) is 0 Å². The summed E-state index contributed by atoms with van der Waals surface area (Å²) < 4.78 is 5.21. The van der Waals surface area contributed by atoms with Crippen LogP contribution in [0, 0.1) is 6.92 Å². The quantitative estimate of drug-likeness (QED) is 0.258. The molecule has 0 amide bonds. The minimum absolute atomic E-state index is 0.205. The number of nitrogens with zero attached hydrogens (tertiary/aromatic N) is 3. The van der Waals surface area contributed by atoms with Crippen molar-refractivity contribution in [1.82, 2.24) is 19.9 Å². The Balaban J connectivity index is 1.38. The Morgan fingerprint density at radius 2 is 2.00 bits per heavy atom. The first-order chi connectivity index (χ1) is 18.4. The van der Waals surface area contributed by atoms with Crippen LogP contribution in [0.1, 0.15) is 17.2 Å². The van der Waals surface area contributed by atoms with Gasteiger partial charge in [-0.15, -0.1) is 0 Å². The fourth-order valence-corrected chi connectivity index (χ4v) is 5.12. The number of methoxy groups -OCH3 is 1. The fourth-order valence-electron chi connectivity index (χ4n) is 4.92. The SMILES string of the molecule is COCCN1CCN(c2cc(C)c3nc(-c4c(NC[C@@H](O)c5cccc(Cl)c5)cc[nH]c4=O)[nH]c3c2)CC1. The van der Waals surface area contributed by atoms with Gasteiger partial charge in [-0.2, -0.15) is 0 Å². The minimum Gasteiger partial charge on any atom is -0.387 e. The average Bonchev–Trinajstić information content (AvgIpc) is 3.35. The summed E-state index contributed by atoms with van der Waals surface area (Å²) in [6, 6.07) is 13.1. The number of rotatable bonds is 9. The van der Waals surface area contributed by atoms with E-state index >= 15 is 0 Å². The Kier molecular flexibility index (Phi) is 7.99. The molecule has 5 rings (SSSR count). The third-order valence-corrected chi connectivity index (χ3v) is 7.26. The molecular formula is C28H33ClN6O3.